The van der Waals surface area contributed by atoms with Gasteiger partial charge in [0.2, 0.25) is 0 Å². The zero-order chi connectivity index (χ0) is 11.5. The standard InChI is InChI=1S/C10H9F3.C2H6/c11-10(12,13)9-5-4-7-2-1-3-8(7)6-9;1-2/h4-6H,1-3H2;1-2H3. The maximum Gasteiger partial charge on any atom is 0.416 e. The number of aryl methyl sites for hydroxylation is 2. The molecule has 0 spiro atoms. The molecule has 0 heterocycles. The average Bonchev–Trinajstić information content (AvgIpc) is 2.66. The molecule has 0 N–H and O–H groups in total. The lowest BCUT2D eigenvalue weighted by molar-refractivity contribution is -0.137. The van der Waals surface area contributed by atoms with Crippen LogP contribution in [0.25, 0.3) is 0 Å². The number of rotatable bonds is 0. The van der Waals surface area contributed by atoms with Crippen LogP contribution >= 0.6 is 0 Å². The Morgan fingerprint density at radius 1 is 1.00 bits per heavy atom. The second-order valence-corrected chi connectivity index (χ2v) is 3.33. The maximum atomic E-state index is 12.3. The SMILES string of the molecule is CC.FC(F)(F)c1ccc2c(c1)CCC2. The van der Waals surface area contributed by atoms with Gasteiger partial charge >= 0.3 is 6.18 Å². The van der Waals surface area contributed by atoms with E-state index in [2.05, 4.69) is 0 Å². The fourth-order valence-electron chi connectivity index (χ4n) is 1.75. The second kappa shape index (κ2) is 4.69. The first-order chi connectivity index (χ1) is 7.07. The lowest BCUT2D eigenvalue weighted by atomic mass is 10.1. The topological polar surface area (TPSA) is 0 Å². The third kappa shape index (κ3) is 2.74. The van der Waals surface area contributed by atoms with Gasteiger partial charge in [-0.2, -0.15) is 13.2 Å². The first kappa shape index (κ1) is 12.1. The Morgan fingerprint density at radius 2 is 1.60 bits per heavy atom. The average molecular weight is 216 g/mol. The molecule has 0 aliphatic heterocycles. The van der Waals surface area contributed by atoms with Crippen LogP contribution in [0.4, 0.5) is 13.2 Å². The first-order valence-corrected chi connectivity index (χ1v) is 5.26. The molecule has 3 heteroatoms. The highest BCUT2D eigenvalue weighted by Crippen LogP contribution is 2.32. The summed E-state index contributed by atoms with van der Waals surface area (Å²) in [5.74, 6) is 0. The Kier molecular flexibility index (Phi) is 3.77. The molecule has 0 fully saturated rings. The Balaban J connectivity index is 0.000000531. The van der Waals surface area contributed by atoms with Crippen molar-refractivity contribution in [2.24, 2.45) is 0 Å². The largest absolute Gasteiger partial charge is 0.416 e. The van der Waals surface area contributed by atoms with Crippen LogP contribution in [0.1, 0.15) is 37.0 Å². The second-order valence-electron chi connectivity index (χ2n) is 3.33. The van der Waals surface area contributed by atoms with E-state index in [0.29, 0.717) is 0 Å². The van der Waals surface area contributed by atoms with Crippen LogP contribution in [-0.2, 0) is 19.0 Å². The molecule has 0 saturated carbocycles. The zero-order valence-corrected chi connectivity index (χ0v) is 8.99. The van der Waals surface area contributed by atoms with E-state index >= 15 is 0 Å². The molecule has 0 bridgehead atoms. The number of hydrogen-bond donors (Lipinski definition) is 0. The van der Waals surface area contributed by atoms with Gasteiger partial charge in [0.1, 0.15) is 0 Å². The van der Waals surface area contributed by atoms with Crippen molar-refractivity contribution in [3.05, 3.63) is 34.9 Å². The van der Waals surface area contributed by atoms with Crippen molar-refractivity contribution < 1.29 is 13.2 Å². The van der Waals surface area contributed by atoms with E-state index < -0.39 is 11.7 Å². The minimum atomic E-state index is -4.20. The third-order valence-corrected chi connectivity index (χ3v) is 2.43. The van der Waals surface area contributed by atoms with Gasteiger partial charge < -0.3 is 0 Å². The van der Waals surface area contributed by atoms with Crippen molar-refractivity contribution in [2.75, 3.05) is 0 Å². The number of alkyl halides is 3. The molecule has 84 valence electrons. The highest BCUT2D eigenvalue weighted by atomic mass is 19.4. The molecule has 2 rings (SSSR count). The van der Waals surface area contributed by atoms with Crippen LogP contribution < -0.4 is 0 Å². The lowest BCUT2D eigenvalue weighted by Gasteiger charge is -2.08. The Hall–Kier alpha value is -0.990. The first-order valence-electron chi connectivity index (χ1n) is 5.26. The Bertz CT molecular complexity index is 326. The number of hydrogen-bond acceptors (Lipinski definition) is 0. The predicted molar refractivity (Wildman–Crippen MR) is 54.8 cm³/mol. The van der Waals surface area contributed by atoms with Gasteiger partial charge in [-0.1, -0.05) is 19.9 Å². The maximum absolute atomic E-state index is 12.3. The van der Waals surface area contributed by atoms with Crippen molar-refractivity contribution in [2.45, 2.75) is 39.3 Å². The third-order valence-electron chi connectivity index (χ3n) is 2.43. The summed E-state index contributed by atoms with van der Waals surface area (Å²) in [5, 5.41) is 0. The minimum Gasteiger partial charge on any atom is -0.166 e. The molecule has 0 unspecified atom stereocenters. The fourth-order valence-corrected chi connectivity index (χ4v) is 1.75. The van der Waals surface area contributed by atoms with Crippen molar-refractivity contribution in [1.29, 1.82) is 0 Å². The monoisotopic (exact) mass is 216 g/mol. The van der Waals surface area contributed by atoms with E-state index in [9.17, 15) is 13.2 Å². The molecule has 0 nitrogen and oxygen atoms in total. The zero-order valence-electron chi connectivity index (χ0n) is 8.99. The molecule has 0 amide bonds. The van der Waals surface area contributed by atoms with Gasteiger partial charge in [0, 0.05) is 0 Å². The van der Waals surface area contributed by atoms with E-state index in [1.54, 1.807) is 6.07 Å². The summed E-state index contributed by atoms with van der Waals surface area (Å²) >= 11 is 0. The fraction of sp³-hybridized carbons (Fsp3) is 0.500. The molecule has 1 aliphatic carbocycles. The number of benzene rings is 1. The molecule has 0 saturated heterocycles. The normalized spacial score (nSPS) is 14.2. The number of halogens is 3. The van der Waals surface area contributed by atoms with E-state index in [4.69, 9.17) is 0 Å². The molecule has 0 radical (unpaired) electrons. The summed E-state index contributed by atoms with van der Waals surface area (Å²) in [7, 11) is 0. The number of fused-ring (bicyclic) bond motifs is 1. The van der Waals surface area contributed by atoms with Crippen LogP contribution in [0, 0.1) is 0 Å². The highest BCUT2D eigenvalue weighted by Gasteiger charge is 2.31. The molecule has 0 atom stereocenters. The van der Waals surface area contributed by atoms with Gasteiger partial charge in [-0.15, -0.1) is 0 Å². The van der Waals surface area contributed by atoms with Gasteiger partial charge in [-0.25, -0.2) is 0 Å². The van der Waals surface area contributed by atoms with Crippen molar-refractivity contribution in [3.63, 3.8) is 0 Å². The molecule has 1 aromatic carbocycles. The molecular formula is C12H15F3. The molecule has 15 heavy (non-hydrogen) atoms. The van der Waals surface area contributed by atoms with Crippen LogP contribution in [0.2, 0.25) is 0 Å². The summed E-state index contributed by atoms with van der Waals surface area (Å²) in [5.41, 5.74) is 1.43. The quantitative estimate of drug-likeness (QED) is 0.609. The molecule has 1 aliphatic rings. The highest BCUT2D eigenvalue weighted by molar-refractivity contribution is 5.36. The van der Waals surface area contributed by atoms with Crippen molar-refractivity contribution in [1.82, 2.24) is 0 Å². The summed E-state index contributed by atoms with van der Waals surface area (Å²) in [4.78, 5) is 0. The molecule has 1 aromatic rings. The summed E-state index contributed by atoms with van der Waals surface area (Å²) in [6.45, 7) is 4.00. The lowest BCUT2D eigenvalue weighted by Crippen LogP contribution is -2.05. The minimum absolute atomic E-state index is 0.520. The summed E-state index contributed by atoms with van der Waals surface area (Å²) in [6, 6.07) is 4.05. The van der Waals surface area contributed by atoms with E-state index in [1.807, 2.05) is 13.8 Å². The van der Waals surface area contributed by atoms with Gasteiger partial charge in [0.15, 0.2) is 0 Å². The van der Waals surface area contributed by atoms with E-state index in [-0.39, 0.29) is 0 Å². The predicted octanol–water partition coefficient (Wildman–Crippen LogP) is 4.22. The van der Waals surface area contributed by atoms with Crippen LogP contribution in [0.3, 0.4) is 0 Å². The van der Waals surface area contributed by atoms with Crippen molar-refractivity contribution in [3.8, 4) is 0 Å². The van der Waals surface area contributed by atoms with Gasteiger partial charge in [0.05, 0.1) is 5.56 Å². The Labute approximate surface area is 88.1 Å². The summed E-state index contributed by atoms with van der Waals surface area (Å²) in [6.07, 6.45) is -1.50. The van der Waals surface area contributed by atoms with E-state index in [1.165, 1.54) is 12.1 Å². The van der Waals surface area contributed by atoms with E-state index in [0.717, 1.165) is 30.4 Å². The van der Waals surface area contributed by atoms with Crippen LogP contribution in [-0.4, -0.2) is 0 Å². The van der Waals surface area contributed by atoms with Gasteiger partial charge in [-0.3, -0.25) is 0 Å². The van der Waals surface area contributed by atoms with Gasteiger partial charge in [0.25, 0.3) is 0 Å². The van der Waals surface area contributed by atoms with Crippen LogP contribution in [0.15, 0.2) is 18.2 Å². The van der Waals surface area contributed by atoms with Crippen LogP contribution in [0.5, 0.6) is 0 Å². The Morgan fingerprint density at radius 3 is 2.20 bits per heavy atom. The van der Waals surface area contributed by atoms with Gasteiger partial charge in [-0.05, 0) is 42.5 Å². The summed E-state index contributed by atoms with van der Waals surface area (Å²) < 4.78 is 36.8. The smallest absolute Gasteiger partial charge is 0.166 e. The van der Waals surface area contributed by atoms with Crippen molar-refractivity contribution >= 4 is 0 Å². The molecular weight excluding hydrogens is 201 g/mol. The molecule has 0 aromatic heterocycles.